The molecule has 0 saturated carbocycles. The Morgan fingerprint density at radius 2 is 1.89 bits per heavy atom. The first-order chi connectivity index (χ1) is 13.5. The molecule has 0 atom stereocenters. The summed E-state index contributed by atoms with van der Waals surface area (Å²) in [4.78, 5) is 37.7. The first kappa shape index (κ1) is 18.4. The van der Waals surface area contributed by atoms with Gasteiger partial charge in [-0.05, 0) is 48.9 Å². The third-order valence-electron chi connectivity index (χ3n) is 4.64. The number of anilines is 1. The van der Waals surface area contributed by atoms with Crippen LogP contribution in [0.25, 0.3) is 11.0 Å². The molecule has 7 heteroatoms. The lowest BCUT2D eigenvalue weighted by Crippen LogP contribution is -2.23. The third kappa shape index (κ3) is 3.71. The fourth-order valence-electron chi connectivity index (χ4n) is 3.25. The Balaban J connectivity index is 1.49. The maximum absolute atomic E-state index is 12.4. The fourth-order valence-corrected chi connectivity index (χ4v) is 3.59. The zero-order valence-electron chi connectivity index (χ0n) is 14.8. The van der Waals surface area contributed by atoms with Crippen molar-refractivity contribution in [1.29, 1.82) is 0 Å². The Hall–Kier alpha value is -2.93. The van der Waals surface area contributed by atoms with Gasteiger partial charge >= 0.3 is 11.6 Å². The van der Waals surface area contributed by atoms with Gasteiger partial charge in [-0.2, -0.15) is 0 Å². The van der Waals surface area contributed by atoms with Crippen LogP contribution in [0.1, 0.15) is 28.8 Å². The normalized spacial score (nSPS) is 13.9. The minimum absolute atomic E-state index is 0.0467. The van der Waals surface area contributed by atoms with Gasteiger partial charge in [0.1, 0.15) is 12.2 Å². The van der Waals surface area contributed by atoms with E-state index in [0.717, 1.165) is 16.6 Å². The number of esters is 1. The number of carbonyl (C=O) groups excluding carboxylic acids is 2. The van der Waals surface area contributed by atoms with Crippen molar-refractivity contribution in [3.63, 3.8) is 0 Å². The second-order valence-electron chi connectivity index (χ2n) is 6.50. The molecule has 1 saturated heterocycles. The van der Waals surface area contributed by atoms with Gasteiger partial charge in [-0.25, -0.2) is 9.59 Å². The fraction of sp³-hybridized carbons (Fsp3) is 0.190. The van der Waals surface area contributed by atoms with Gasteiger partial charge in [0, 0.05) is 40.1 Å². The van der Waals surface area contributed by atoms with Gasteiger partial charge in [0.05, 0.1) is 5.56 Å². The van der Waals surface area contributed by atoms with E-state index in [4.69, 9.17) is 9.15 Å². The summed E-state index contributed by atoms with van der Waals surface area (Å²) in [5.74, 6) is -0.408. The van der Waals surface area contributed by atoms with Crippen LogP contribution in [0.4, 0.5) is 5.69 Å². The lowest BCUT2D eigenvalue weighted by atomic mass is 10.1. The summed E-state index contributed by atoms with van der Waals surface area (Å²) in [5.41, 5.74) is 1.65. The van der Waals surface area contributed by atoms with E-state index in [9.17, 15) is 14.4 Å². The van der Waals surface area contributed by atoms with Crippen LogP contribution >= 0.6 is 15.9 Å². The van der Waals surface area contributed by atoms with Crippen molar-refractivity contribution < 1.29 is 18.7 Å². The van der Waals surface area contributed by atoms with Crippen molar-refractivity contribution in [1.82, 2.24) is 0 Å². The molecule has 3 aromatic rings. The van der Waals surface area contributed by atoms with Crippen LogP contribution in [0.5, 0.6) is 0 Å². The van der Waals surface area contributed by atoms with Crippen LogP contribution in [0.15, 0.2) is 62.2 Å². The zero-order valence-corrected chi connectivity index (χ0v) is 16.4. The SMILES string of the molecule is O=C(OCc1cc(=O)oc2cc(Br)ccc12)c1ccc(N2CCCC2=O)cc1. The smallest absolute Gasteiger partial charge is 0.338 e. The van der Waals surface area contributed by atoms with Crippen molar-refractivity contribution in [3.05, 3.63) is 74.6 Å². The summed E-state index contributed by atoms with van der Waals surface area (Å²) >= 11 is 3.34. The number of rotatable bonds is 4. The largest absolute Gasteiger partial charge is 0.457 e. The van der Waals surface area contributed by atoms with E-state index >= 15 is 0 Å². The van der Waals surface area contributed by atoms with Gasteiger partial charge in [0.25, 0.3) is 0 Å². The zero-order chi connectivity index (χ0) is 19.7. The molecule has 142 valence electrons. The summed E-state index contributed by atoms with van der Waals surface area (Å²) in [6.45, 7) is 0.650. The molecule has 6 nitrogen and oxygen atoms in total. The predicted molar refractivity (Wildman–Crippen MR) is 107 cm³/mol. The van der Waals surface area contributed by atoms with Crippen molar-refractivity contribution >= 4 is 44.5 Å². The minimum Gasteiger partial charge on any atom is -0.457 e. The van der Waals surface area contributed by atoms with Crippen molar-refractivity contribution in [2.24, 2.45) is 0 Å². The maximum atomic E-state index is 12.4. The Labute approximate surface area is 168 Å². The lowest BCUT2D eigenvalue weighted by Gasteiger charge is -2.15. The molecule has 1 amide bonds. The highest BCUT2D eigenvalue weighted by molar-refractivity contribution is 9.10. The van der Waals surface area contributed by atoms with E-state index in [1.807, 2.05) is 6.07 Å². The first-order valence-corrected chi connectivity index (χ1v) is 9.60. The molecule has 0 aliphatic carbocycles. The van der Waals surface area contributed by atoms with Crippen LogP contribution in [0.3, 0.4) is 0 Å². The average molecular weight is 442 g/mol. The first-order valence-electron chi connectivity index (χ1n) is 8.81. The van der Waals surface area contributed by atoms with E-state index in [2.05, 4.69) is 15.9 Å². The molecule has 0 N–H and O–H groups in total. The quantitative estimate of drug-likeness (QED) is 0.450. The number of nitrogens with zero attached hydrogens (tertiary/aromatic N) is 1. The molecule has 1 fully saturated rings. The van der Waals surface area contributed by atoms with Gasteiger partial charge in [0.2, 0.25) is 5.91 Å². The standard InChI is InChI=1S/C21H16BrNO5/c22-15-5-8-17-14(10-20(25)28-18(17)11-15)12-27-21(26)13-3-6-16(7-4-13)23-9-1-2-19(23)24/h3-8,10-11H,1-2,9,12H2. The topological polar surface area (TPSA) is 76.8 Å². The molecule has 0 unspecified atom stereocenters. The van der Waals surface area contributed by atoms with E-state index in [1.165, 1.54) is 6.07 Å². The molecule has 2 aromatic carbocycles. The number of amides is 1. The number of carbonyl (C=O) groups is 2. The second kappa shape index (κ2) is 7.59. The van der Waals surface area contributed by atoms with Crippen LogP contribution in [0, 0.1) is 0 Å². The van der Waals surface area contributed by atoms with E-state index in [0.29, 0.717) is 35.1 Å². The number of hydrogen-bond donors (Lipinski definition) is 0. The highest BCUT2D eigenvalue weighted by atomic mass is 79.9. The number of fused-ring (bicyclic) bond motifs is 1. The van der Waals surface area contributed by atoms with Crippen molar-refractivity contribution in [2.45, 2.75) is 19.4 Å². The Morgan fingerprint density at radius 3 is 2.61 bits per heavy atom. The Bertz CT molecular complexity index is 1120. The number of halogens is 1. The summed E-state index contributed by atoms with van der Waals surface area (Å²) < 4.78 is 11.4. The summed E-state index contributed by atoms with van der Waals surface area (Å²) in [5, 5.41) is 0.707. The molecule has 0 spiro atoms. The molecule has 28 heavy (non-hydrogen) atoms. The molecule has 1 aliphatic heterocycles. The Kier molecular flexibility index (Phi) is 5.00. The van der Waals surface area contributed by atoms with Gasteiger partial charge in [0.15, 0.2) is 0 Å². The lowest BCUT2D eigenvalue weighted by molar-refractivity contribution is -0.117. The molecule has 1 aromatic heterocycles. The van der Waals surface area contributed by atoms with Crippen LogP contribution in [-0.4, -0.2) is 18.4 Å². The summed E-state index contributed by atoms with van der Waals surface area (Å²) in [6, 6.07) is 13.4. The van der Waals surface area contributed by atoms with Crippen LogP contribution < -0.4 is 10.5 Å². The van der Waals surface area contributed by atoms with Gasteiger partial charge in [-0.1, -0.05) is 15.9 Å². The van der Waals surface area contributed by atoms with E-state index < -0.39 is 11.6 Å². The molecule has 0 bridgehead atoms. The van der Waals surface area contributed by atoms with E-state index in [-0.39, 0.29) is 12.5 Å². The maximum Gasteiger partial charge on any atom is 0.338 e. The molecular formula is C21H16BrNO5. The molecule has 2 heterocycles. The summed E-state index contributed by atoms with van der Waals surface area (Å²) in [6.07, 6.45) is 1.40. The second-order valence-corrected chi connectivity index (χ2v) is 7.42. The van der Waals surface area contributed by atoms with Crippen LogP contribution in [-0.2, 0) is 16.1 Å². The van der Waals surface area contributed by atoms with Crippen molar-refractivity contribution in [2.75, 3.05) is 11.4 Å². The number of ether oxygens (including phenoxy) is 1. The van der Waals surface area contributed by atoms with Gasteiger partial charge in [-0.3, -0.25) is 4.79 Å². The minimum atomic E-state index is -0.503. The molecule has 4 rings (SSSR count). The average Bonchev–Trinajstić information content (AvgIpc) is 3.11. The predicted octanol–water partition coefficient (Wildman–Crippen LogP) is 4.04. The van der Waals surface area contributed by atoms with Gasteiger partial charge < -0.3 is 14.1 Å². The highest BCUT2D eigenvalue weighted by Gasteiger charge is 2.21. The number of hydrogen-bond acceptors (Lipinski definition) is 5. The summed E-state index contributed by atoms with van der Waals surface area (Å²) in [7, 11) is 0. The van der Waals surface area contributed by atoms with E-state index in [1.54, 1.807) is 41.3 Å². The number of benzene rings is 2. The molecular weight excluding hydrogens is 426 g/mol. The monoisotopic (exact) mass is 441 g/mol. The van der Waals surface area contributed by atoms with Crippen LogP contribution in [0.2, 0.25) is 0 Å². The highest BCUT2D eigenvalue weighted by Crippen LogP contribution is 2.24. The Morgan fingerprint density at radius 1 is 1.11 bits per heavy atom. The third-order valence-corrected chi connectivity index (χ3v) is 5.13. The van der Waals surface area contributed by atoms with Gasteiger partial charge in [-0.15, -0.1) is 0 Å². The molecule has 0 radical (unpaired) electrons. The van der Waals surface area contributed by atoms with Crippen molar-refractivity contribution in [3.8, 4) is 0 Å². The molecule has 1 aliphatic rings.